The van der Waals surface area contributed by atoms with Crippen LogP contribution in [0.2, 0.25) is 0 Å². The zero-order valence-corrected chi connectivity index (χ0v) is 21.5. The van der Waals surface area contributed by atoms with Crippen LogP contribution in [0.5, 0.6) is 0 Å². The van der Waals surface area contributed by atoms with Gasteiger partial charge in [0.1, 0.15) is 5.60 Å². The molecule has 0 radical (unpaired) electrons. The topological polar surface area (TPSA) is 96.5 Å². The molecule has 7 nitrogen and oxygen atoms in total. The van der Waals surface area contributed by atoms with Gasteiger partial charge >= 0.3 is 6.09 Å². The maximum Gasteiger partial charge on any atom is 0.407 e. The number of alkyl carbamates (subject to hydrolysis) is 1. The smallest absolute Gasteiger partial charge is 0.407 e. The number of hydrogen-bond donors (Lipinski definition) is 3. The highest BCUT2D eigenvalue weighted by Gasteiger charge is 2.16. The molecule has 1 amide bonds. The number of fused-ring (bicyclic) bond motifs is 1. The van der Waals surface area contributed by atoms with E-state index in [4.69, 9.17) is 4.74 Å². The SMILES string of the molecule is CC(C)(C)OC(=O)NCc1ccc(CCCNCCNS(=O)(=O)c2ccc3ccccc3c2)cc1. The van der Waals surface area contributed by atoms with Gasteiger partial charge in [-0.05, 0) is 74.2 Å². The number of hydrogen-bond acceptors (Lipinski definition) is 5. The zero-order valence-electron chi connectivity index (χ0n) is 20.6. The third kappa shape index (κ3) is 8.98. The van der Waals surface area contributed by atoms with Gasteiger partial charge in [-0.2, -0.15) is 0 Å². The van der Waals surface area contributed by atoms with E-state index in [1.807, 2.05) is 63.2 Å². The van der Waals surface area contributed by atoms with Gasteiger partial charge in [-0.3, -0.25) is 0 Å². The molecule has 0 saturated carbocycles. The highest BCUT2D eigenvalue weighted by atomic mass is 32.2. The summed E-state index contributed by atoms with van der Waals surface area (Å²) < 4.78 is 33.0. The monoisotopic (exact) mass is 497 g/mol. The molecule has 35 heavy (non-hydrogen) atoms. The van der Waals surface area contributed by atoms with Gasteiger partial charge in [-0.1, -0.05) is 54.6 Å². The van der Waals surface area contributed by atoms with Gasteiger partial charge < -0.3 is 15.4 Å². The Bertz CT molecular complexity index is 1220. The lowest BCUT2D eigenvalue weighted by molar-refractivity contribution is 0.0523. The lowest BCUT2D eigenvalue weighted by atomic mass is 10.1. The quantitative estimate of drug-likeness (QED) is 0.342. The van der Waals surface area contributed by atoms with E-state index in [9.17, 15) is 13.2 Å². The summed E-state index contributed by atoms with van der Waals surface area (Å²) in [5, 5.41) is 7.96. The fourth-order valence-electron chi connectivity index (χ4n) is 3.55. The molecule has 0 aliphatic rings. The molecule has 3 N–H and O–H groups in total. The van der Waals surface area contributed by atoms with E-state index in [0.717, 1.165) is 35.7 Å². The second-order valence-corrected chi connectivity index (χ2v) is 11.2. The summed E-state index contributed by atoms with van der Waals surface area (Å²) in [4.78, 5) is 12.0. The summed E-state index contributed by atoms with van der Waals surface area (Å²) in [6, 6.07) is 21.0. The molecule has 8 heteroatoms. The van der Waals surface area contributed by atoms with Crippen LogP contribution in [0.3, 0.4) is 0 Å². The number of sulfonamides is 1. The summed E-state index contributed by atoms with van der Waals surface area (Å²) in [7, 11) is -3.54. The highest BCUT2D eigenvalue weighted by molar-refractivity contribution is 7.89. The minimum absolute atomic E-state index is 0.279. The van der Waals surface area contributed by atoms with Crippen LogP contribution in [0.4, 0.5) is 4.79 Å². The van der Waals surface area contributed by atoms with Gasteiger partial charge in [0.2, 0.25) is 10.0 Å². The molecule has 0 aromatic heterocycles. The number of benzene rings is 3. The molecule has 188 valence electrons. The number of carbonyl (C=O) groups is 1. The number of aryl methyl sites for hydroxylation is 1. The normalized spacial score (nSPS) is 12.0. The van der Waals surface area contributed by atoms with Crippen molar-refractivity contribution in [2.24, 2.45) is 0 Å². The Balaban J connectivity index is 1.31. The lowest BCUT2D eigenvalue weighted by Crippen LogP contribution is -2.32. The van der Waals surface area contributed by atoms with E-state index >= 15 is 0 Å². The molecule has 3 rings (SSSR count). The Morgan fingerprint density at radius 3 is 2.26 bits per heavy atom. The first kappa shape index (κ1) is 26.7. The first-order chi connectivity index (χ1) is 16.6. The molecule has 0 unspecified atom stereocenters. The summed E-state index contributed by atoms with van der Waals surface area (Å²) in [5.41, 5.74) is 1.71. The Hall–Kier alpha value is -2.94. The Morgan fingerprint density at radius 2 is 1.54 bits per heavy atom. The standard InChI is InChI=1S/C27H35N3O4S/c1-27(2,3)34-26(31)29-20-22-12-10-21(11-13-22)7-6-16-28-17-18-30-35(32,33)25-15-14-23-8-4-5-9-24(23)19-25/h4-5,8-15,19,28,30H,6-7,16-18,20H2,1-3H3,(H,29,31). The second-order valence-electron chi connectivity index (χ2n) is 9.43. The Kier molecular flexibility index (Phi) is 9.26. The van der Waals surface area contributed by atoms with Crippen molar-refractivity contribution in [1.29, 1.82) is 0 Å². The molecule has 3 aromatic carbocycles. The predicted octanol–water partition coefficient (Wildman–Crippen LogP) is 4.37. The minimum atomic E-state index is -3.54. The van der Waals surface area contributed by atoms with Gasteiger partial charge in [0.15, 0.2) is 0 Å². The van der Waals surface area contributed by atoms with Crippen molar-refractivity contribution in [3.8, 4) is 0 Å². The molecular weight excluding hydrogens is 462 g/mol. The third-order valence-electron chi connectivity index (χ3n) is 5.30. The van der Waals surface area contributed by atoms with E-state index in [2.05, 4.69) is 27.5 Å². The number of nitrogens with one attached hydrogen (secondary N) is 3. The molecule has 0 atom stereocenters. The van der Waals surface area contributed by atoms with Crippen molar-refractivity contribution in [2.45, 2.75) is 50.7 Å². The van der Waals surface area contributed by atoms with E-state index in [0.29, 0.717) is 19.6 Å². The van der Waals surface area contributed by atoms with Crippen LogP contribution in [-0.4, -0.2) is 39.7 Å². The van der Waals surface area contributed by atoms with Gasteiger partial charge in [-0.15, -0.1) is 0 Å². The van der Waals surface area contributed by atoms with Crippen LogP contribution in [0.1, 0.15) is 38.3 Å². The maximum atomic E-state index is 12.6. The first-order valence-electron chi connectivity index (χ1n) is 11.9. The molecule has 0 aliphatic carbocycles. The molecule has 0 saturated heterocycles. The summed E-state index contributed by atoms with van der Waals surface area (Å²) in [6.07, 6.45) is 1.43. The van der Waals surface area contributed by atoms with Gasteiger partial charge in [-0.25, -0.2) is 17.9 Å². The van der Waals surface area contributed by atoms with Crippen molar-refractivity contribution >= 4 is 26.9 Å². The average Bonchev–Trinajstić information content (AvgIpc) is 2.81. The number of amides is 1. The molecule has 0 spiro atoms. The van der Waals surface area contributed by atoms with E-state index in [-0.39, 0.29) is 4.90 Å². The van der Waals surface area contributed by atoms with Crippen molar-refractivity contribution in [2.75, 3.05) is 19.6 Å². The van der Waals surface area contributed by atoms with Gasteiger partial charge in [0.25, 0.3) is 0 Å². The van der Waals surface area contributed by atoms with Crippen molar-refractivity contribution in [1.82, 2.24) is 15.4 Å². The first-order valence-corrected chi connectivity index (χ1v) is 13.3. The fraction of sp³-hybridized carbons (Fsp3) is 0.370. The van der Waals surface area contributed by atoms with Crippen LogP contribution in [-0.2, 0) is 27.7 Å². The largest absolute Gasteiger partial charge is 0.444 e. The summed E-state index contributed by atoms with van der Waals surface area (Å²) >= 11 is 0. The van der Waals surface area contributed by atoms with Crippen LogP contribution < -0.4 is 15.4 Å². The second kappa shape index (κ2) is 12.2. The average molecular weight is 498 g/mol. The predicted molar refractivity (Wildman–Crippen MR) is 140 cm³/mol. The van der Waals surface area contributed by atoms with Crippen LogP contribution in [0.15, 0.2) is 71.6 Å². The number of carbonyl (C=O) groups excluding carboxylic acids is 1. The van der Waals surface area contributed by atoms with Gasteiger partial charge in [0, 0.05) is 19.6 Å². The maximum absolute atomic E-state index is 12.6. The van der Waals surface area contributed by atoms with Crippen LogP contribution in [0.25, 0.3) is 10.8 Å². The highest BCUT2D eigenvalue weighted by Crippen LogP contribution is 2.18. The number of ether oxygens (including phenoxy) is 1. The zero-order chi connectivity index (χ0) is 25.3. The summed E-state index contributed by atoms with van der Waals surface area (Å²) in [5.74, 6) is 0. The Labute approximate surface area is 208 Å². The van der Waals surface area contributed by atoms with Crippen LogP contribution in [0, 0.1) is 0 Å². The number of rotatable bonds is 11. The van der Waals surface area contributed by atoms with Crippen molar-refractivity contribution < 1.29 is 17.9 Å². The van der Waals surface area contributed by atoms with Crippen LogP contribution >= 0.6 is 0 Å². The Morgan fingerprint density at radius 1 is 0.857 bits per heavy atom. The lowest BCUT2D eigenvalue weighted by Gasteiger charge is -2.19. The van der Waals surface area contributed by atoms with E-state index in [1.165, 1.54) is 5.56 Å². The fourth-order valence-corrected chi connectivity index (χ4v) is 4.61. The molecule has 0 bridgehead atoms. The molecular formula is C27H35N3O4S. The minimum Gasteiger partial charge on any atom is -0.444 e. The molecule has 0 fully saturated rings. The van der Waals surface area contributed by atoms with Gasteiger partial charge in [0.05, 0.1) is 4.90 Å². The van der Waals surface area contributed by atoms with Crippen molar-refractivity contribution in [3.63, 3.8) is 0 Å². The van der Waals surface area contributed by atoms with E-state index < -0.39 is 21.7 Å². The molecule has 3 aromatic rings. The van der Waals surface area contributed by atoms with Crippen molar-refractivity contribution in [3.05, 3.63) is 77.9 Å². The third-order valence-corrected chi connectivity index (χ3v) is 6.76. The molecule has 0 aliphatic heterocycles. The molecule has 0 heterocycles. The van der Waals surface area contributed by atoms with E-state index in [1.54, 1.807) is 12.1 Å². The summed E-state index contributed by atoms with van der Waals surface area (Å²) in [6.45, 7) is 7.60.